The predicted octanol–water partition coefficient (Wildman–Crippen LogP) is 6.79. The van der Waals surface area contributed by atoms with Crippen molar-refractivity contribution in [3.05, 3.63) is 46.4 Å². The second-order valence-electron chi connectivity index (χ2n) is 7.72. The van der Waals surface area contributed by atoms with E-state index in [4.69, 9.17) is 68.5 Å². The normalized spacial score (nSPS) is 15.1. The van der Waals surface area contributed by atoms with Crippen LogP contribution in [0.25, 0.3) is 9.95 Å². The Morgan fingerprint density at radius 3 is 1.30 bits per heavy atom. The molecule has 37 heavy (non-hydrogen) atoms. The summed E-state index contributed by atoms with van der Waals surface area (Å²) in [5.74, 6) is 1.15. The van der Waals surface area contributed by atoms with Gasteiger partial charge in [-0.3, -0.25) is 0 Å². The number of hydrogen-bond acceptors (Lipinski definition) is 8. The molecule has 10 nitrogen and oxygen atoms in total. The number of nitrogens with zero attached hydrogens (tertiary/aromatic N) is 6. The van der Waals surface area contributed by atoms with Crippen molar-refractivity contribution in [1.29, 1.82) is 10.8 Å². The number of ether oxygens (including phenoxy) is 4. The van der Waals surface area contributed by atoms with E-state index in [1.807, 2.05) is 24.3 Å². The molecule has 200 valence electrons. The van der Waals surface area contributed by atoms with E-state index in [1.165, 1.54) is 0 Å². The van der Waals surface area contributed by atoms with Crippen LogP contribution in [0.5, 0.6) is 11.5 Å². The van der Waals surface area contributed by atoms with Gasteiger partial charge in [0.15, 0.2) is 9.95 Å². The van der Waals surface area contributed by atoms with Crippen molar-refractivity contribution in [2.75, 3.05) is 76.6 Å². The number of anilines is 2. The fraction of sp³-hybridized carbons (Fsp3) is 0.455. The molecule has 0 aromatic heterocycles. The fourth-order valence-corrected chi connectivity index (χ4v) is 3.53. The molecule has 2 saturated heterocycles. The molecule has 2 fully saturated rings. The molecule has 2 heterocycles. The molecule has 0 amide bonds. The molecule has 15 heteroatoms. The van der Waals surface area contributed by atoms with Gasteiger partial charge in [-0.25, -0.2) is 0 Å². The van der Waals surface area contributed by atoms with E-state index in [9.17, 15) is 0 Å². The summed E-state index contributed by atoms with van der Waals surface area (Å²) in [5, 5.41) is 17.5. The molecule has 2 aromatic carbocycles. The van der Waals surface area contributed by atoms with Gasteiger partial charge in [0.1, 0.15) is 0 Å². The summed E-state index contributed by atoms with van der Waals surface area (Å²) in [6.07, 6.45) is 0. The van der Waals surface area contributed by atoms with Crippen molar-refractivity contribution >= 4 is 61.5 Å². The van der Waals surface area contributed by atoms with Gasteiger partial charge in [-0.2, -0.15) is 0 Å². The minimum atomic E-state index is -3.36. The molecule has 0 unspecified atom stereocenters. The van der Waals surface area contributed by atoms with E-state index < -0.39 is 10.8 Å². The third-order valence-electron chi connectivity index (χ3n) is 5.29. The van der Waals surface area contributed by atoms with Gasteiger partial charge in [0.2, 0.25) is 22.3 Å². The Morgan fingerprint density at radius 2 is 1.03 bits per heavy atom. The van der Waals surface area contributed by atoms with E-state index in [2.05, 4.69) is 19.8 Å². The summed E-state index contributed by atoms with van der Waals surface area (Å²) in [7, 11) is 19.9. The zero-order chi connectivity index (χ0) is 27.3. The average Bonchev–Trinajstić information content (AvgIpc) is 2.92. The second-order valence-corrected chi connectivity index (χ2v) is 35.5. The number of diazo groups is 2. The van der Waals surface area contributed by atoms with Gasteiger partial charge in [0.25, 0.3) is 0 Å². The number of methoxy groups -OCH3 is 2. The monoisotopic (exact) mass is 644 g/mol. The van der Waals surface area contributed by atoms with Crippen molar-refractivity contribution in [3.63, 3.8) is 0 Å². The molecule has 0 atom stereocenters. The Kier molecular flexibility index (Phi) is 13.8. The van der Waals surface area contributed by atoms with Gasteiger partial charge in [-0.05, 0) is 12.1 Å². The van der Waals surface area contributed by atoms with E-state index in [-0.39, 0.29) is 0 Å². The van der Waals surface area contributed by atoms with Crippen LogP contribution in [-0.2, 0) is 20.3 Å². The Balaban J connectivity index is 0.000000221. The van der Waals surface area contributed by atoms with Crippen LogP contribution in [0.4, 0.5) is 22.7 Å². The molecule has 4 rings (SSSR count). The van der Waals surface area contributed by atoms with Crippen molar-refractivity contribution in [3.8, 4) is 11.5 Å². The summed E-state index contributed by atoms with van der Waals surface area (Å²) in [6.45, 7) is 6.47. The van der Waals surface area contributed by atoms with Gasteiger partial charge in [0.05, 0.1) is 40.6 Å². The molecule has 0 N–H and O–H groups in total. The standard InChI is InChI=1S/2C11H14N3O2.4ClH.Zn/c2*1-15-11-8-9(2-3-10(11)13-12)14-4-6-16-7-5-14;;;;;/h2*2-3,8H,4-7H2,1H3;4*1H;/q2*+1;;;;;+2/p-4. The maximum atomic E-state index is 8.76. The van der Waals surface area contributed by atoms with E-state index >= 15 is 0 Å². The number of benzene rings is 2. The van der Waals surface area contributed by atoms with E-state index in [1.54, 1.807) is 26.4 Å². The zero-order valence-corrected chi connectivity index (χ0v) is 26.6. The van der Waals surface area contributed by atoms with Crippen LogP contribution < -0.4 is 19.3 Å². The summed E-state index contributed by atoms with van der Waals surface area (Å²) in [4.78, 5) is 10.7. The SMILES string of the molecule is COc1cc(N2CCOCC2)ccc1[N+]#N.COc1cc(N2CCOCC2)ccc1[N+]#N.[Cl][Zn-2]([Cl])([Cl])[Cl]. The molecule has 0 spiro atoms. The Hall–Kier alpha value is -1.82. The molecule has 2 aromatic rings. The molecule has 0 radical (unpaired) electrons. The number of rotatable bonds is 4. The Bertz CT molecular complexity index is 999. The van der Waals surface area contributed by atoms with Crippen LogP contribution in [0, 0.1) is 10.8 Å². The van der Waals surface area contributed by atoms with Crippen LogP contribution in [0.3, 0.4) is 0 Å². The predicted molar refractivity (Wildman–Crippen MR) is 145 cm³/mol. The Morgan fingerprint density at radius 1 is 0.703 bits per heavy atom. The summed E-state index contributed by atoms with van der Waals surface area (Å²) < 4.78 is 20.9. The topological polar surface area (TPSA) is 99.7 Å². The van der Waals surface area contributed by atoms with Crippen LogP contribution >= 0.6 is 38.8 Å². The second kappa shape index (κ2) is 16.2. The summed E-state index contributed by atoms with van der Waals surface area (Å²) in [5.41, 5.74) is 3.01. The van der Waals surface area contributed by atoms with Crippen LogP contribution in [0.15, 0.2) is 36.4 Å². The third kappa shape index (κ3) is 11.2. The molecular formula is C22H28Cl4N6O4Zn. The Labute approximate surface area is 235 Å². The molecular weight excluding hydrogens is 619 g/mol. The van der Waals surface area contributed by atoms with Gasteiger partial charge in [-0.1, -0.05) is 0 Å². The molecule has 0 aliphatic carbocycles. The van der Waals surface area contributed by atoms with E-state index in [0.29, 0.717) is 22.9 Å². The average molecular weight is 648 g/mol. The number of morpholine rings is 2. The first-order valence-corrected chi connectivity index (χ1v) is 27.1. The van der Waals surface area contributed by atoms with Crippen molar-refractivity contribution in [2.45, 2.75) is 0 Å². The van der Waals surface area contributed by atoms with Gasteiger partial charge in [-0.15, -0.1) is 0 Å². The third-order valence-corrected chi connectivity index (χ3v) is 5.29. The van der Waals surface area contributed by atoms with Crippen LogP contribution in [0.1, 0.15) is 0 Å². The fourth-order valence-electron chi connectivity index (χ4n) is 3.53. The first kappa shape index (κ1) is 31.4. The summed E-state index contributed by atoms with van der Waals surface area (Å²) in [6, 6.07) is 11.1. The quantitative estimate of drug-likeness (QED) is 0.264. The molecule has 0 bridgehead atoms. The van der Waals surface area contributed by atoms with Gasteiger partial charge >= 0.3 is 61.0 Å². The van der Waals surface area contributed by atoms with E-state index in [0.717, 1.165) is 64.0 Å². The first-order chi connectivity index (χ1) is 17.7. The molecule has 2 aliphatic heterocycles. The minimum absolute atomic E-state index is 0.444. The summed E-state index contributed by atoms with van der Waals surface area (Å²) >= 11 is 0. The number of hydrogen-bond donors (Lipinski definition) is 0. The van der Waals surface area contributed by atoms with Gasteiger partial charge < -0.3 is 28.7 Å². The first-order valence-electron chi connectivity index (χ1n) is 11.5. The molecule has 2 aliphatic rings. The maximum absolute atomic E-state index is 8.76. The van der Waals surface area contributed by atoms with Gasteiger partial charge in [0, 0.05) is 61.8 Å². The molecule has 0 saturated carbocycles. The van der Waals surface area contributed by atoms with Crippen LogP contribution in [-0.4, -0.2) is 66.8 Å². The zero-order valence-electron chi connectivity index (χ0n) is 20.7. The van der Waals surface area contributed by atoms with Crippen LogP contribution in [0.2, 0.25) is 0 Å². The van der Waals surface area contributed by atoms with Crippen molar-refractivity contribution < 1.29 is 29.8 Å². The number of halogens is 4. The van der Waals surface area contributed by atoms with Crippen molar-refractivity contribution in [1.82, 2.24) is 0 Å². The van der Waals surface area contributed by atoms with Crippen molar-refractivity contribution in [2.24, 2.45) is 0 Å².